The molecular weight excluding hydrogens is 196 g/mol. The molecule has 0 radical (unpaired) electrons. The van der Waals surface area contributed by atoms with Crippen LogP contribution >= 0.6 is 0 Å². The van der Waals surface area contributed by atoms with Gasteiger partial charge in [-0.25, -0.2) is 0 Å². The van der Waals surface area contributed by atoms with E-state index in [-0.39, 0.29) is 0 Å². The van der Waals surface area contributed by atoms with Crippen molar-refractivity contribution >= 4 is 0 Å². The van der Waals surface area contributed by atoms with Crippen LogP contribution in [0.5, 0.6) is 0 Å². The second-order valence-corrected chi connectivity index (χ2v) is 6.25. The van der Waals surface area contributed by atoms with Crippen LogP contribution in [0.4, 0.5) is 0 Å². The minimum atomic E-state index is 0.800. The number of rotatable bonds is 5. The predicted octanol–water partition coefficient (Wildman–Crippen LogP) is 2.25. The number of nitrogens with one attached hydrogen (secondary N) is 1. The molecule has 1 saturated heterocycles. The summed E-state index contributed by atoms with van der Waals surface area (Å²) in [7, 11) is 0. The predicted molar refractivity (Wildman–Crippen MR) is 67.5 cm³/mol. The Morgan fingerprint density at radius 2 is 1.81 bits per heavy atom. The van der Waals surface area contributed by atoms with Crippen LogP contribution < -0.4 is 5.32 Å². The maximum atomic E-state index is 3.78. The molecule has 1 N–H and O–H groups in total. The molecule has 0 aromatic heterocycles. The van der Waals surface area contributed by atoms with E-state index in [2.05, 4.69) is 10.2 Å². The fraction of sp³-hybridized carbons (Fsp3) is 1.00. The van der Waals surface area contributed by atoms with Crippen LogP contribution in [0.1, 0.15) is 44.9 Å². The molecule has 1 aliphatic heterocycles. The van der Waals surface area contributed by atoms with Gasteiger partial charge < -0.3 is 10.2 Å². The molecule has 3 fully saturated rings. The van der Waals surface area contributed by atoms with Gasteiger partial charge in [-0.3, -0.25) is 0 Å². The molecule has 0 spiro atoms. The van der Waals surface area contributed by atoms with Crippen molar-refractivity contribution in [2.24, 2.45) is 11.8 Å². The summed E-state index contributed by atoms with van der Waals surface area (Å²) in [6, 6.07) is 0.800. The molecule has 0 aromatic carbocycles. The van der Waals surface area contributed by atoms with E-state index in [9.17, 15) is 0 Å². The lowest BCUT2D eigenvalue weighted by molar-refractivity contribution is 0.135. The number of hydrogen-bond acceptors (Lipinski definition) is 2. The molecule has 2 nitrogen and oxygen atoms in total. The van der Waals surface area contributed by atoms with E-state index in [0.717, 1.165) is 17.9 Å². The third-order valence-corrected chi connectivity index (χ3v) is 4.64. The highest BCUT2D eigenvalue weighted by atomic mass is 15.2. The average molecular weight is 222 g/mol. The highest BCUT2D eigenvalue weighted by Gasteiger charge is 2.27. The van der Waals surface area contributed by atoms with Crippen LogP contribution in [0, 0.1) is 11.8 Å². The normalized spacial score (nSPS) is 32.6. The maximum Gasteiger partial charge on any atom is 0.0195 e. The molecule has 1 heterocycles. The van der Waals surface area contributed by atoms with Gasteiger partial charge in [0.1, 0.15) is 0 Å². The molecule has 2 heteroatoms. The number of nitrogens with zero attached hydrogens (tertiary/aromatic N) is 1. The number of hydrogen-bond donors (Lipinski definition) is 1. The first-order valence-corrected chi connectivity index (χ1v) is 7.36. The first kappa shape index (κ1) is 11.0. The zero-order chi connectivity index (χ0) is 10.8. The van der Waals surface area contributed by atoms with Crippen molar-refractivity contribution in [1.29, 1.82) is 0 Å². The zero-order valence-corrected chi connectivity index (χ0v) is 10.5. The third kappa shape index (κ3) is 2.98. The average Bonchev–Trinajstić information content (AvgIpc) is 3.05. The lowest BCUT2D eigenvalue weighted by atomic mass is 9.84. The molecule has 16 heavy (non-hydrogen) atoms. The van der Waals surface area contributed by atoms with Crippen molar-refractivity contribution in [2.75, 3.05) is 26.2 Å². The summed E-state index contributed by atoms with van der Waals surface area (Å²) in [6.07, 6.45) is 10.3. The minimum Gasteiger partial charge on any atom is -0.312 e. The van der Waals surface area contributed by atoms with Crippen LogP contribution in [0.2, 0.25) is 0 Å². The maximum absolute atomic E-state index is 3.78. The highest BCUT2D eigenvalue weighted by Crippen LogP contribution is 2.29. The second-order valence-electron chi connectivity index (χ2n) is 6.25. The standard InChI is InChI=1S/C14H26N2/c1-3-13(4-1)10-16-8-2-5-14(11-16)15-9-12-6-7-12/h12-15H,1-11H2. The lowest BCUT2D eigenvalue weighted by Gasteiger charge is -2.37. The van der Waals surface area contributed by atoms with Gasteiger partial charge in [-0.05, 0) is 63.5 Å². The summed E-state index contributed by atoms with van der Waals surface area (Å²) < 4.78 is 0. The molecule has 2 aliphatic carbocycles. The van der Waals surface area contributed by atoms with Crippen molar-refractivity contribution in [3.05, 3.63) is 0 Å². The Morgan fingerprint density at radius 3 is 2.50 bits per heavy atom. The van der Waals surface area contributed by atoms with E-state index in [1.165, 1.54) is 71.1 Å². The van der Waals surface area contributed by atoms with E-state index in [1.54, 1.807) is 0 Å². The van der Waals surface area contributed by atoms with Gasteiger partial charge in [0.05, 0.1) is 0 Å². The Labute approximate surface area is 99.8 Å². The molecule has 3 aliphatic rings. The van der Waals surface area contributed by atoms with Gasteiger partial charge in [0.15, 0.2) is 0 Å². The van der Waals surface area contributed by atoms with Crippen LogP contribution in [0.3, 0.4) is 0 Å². The lowest BCUT2D eigenvalue weighted by Crippen LogP contribution is -2.48. The van der Waals surface area contributed by atoms with E-state index in [4.69, 9.17) is 0 Å². The minimum absolute atomic E-state index is 0.800. The van der Waals surface area contributed by atoms with Crippen molar-refractivity contribution in [3.8, 4) is 0 Å². The second kappa shape index (κ2) is 5.05. The van der Waals surface area contributed by atoms with Gasteiger partial charge in [-0.15, -0.1) is 0 Å². The first-order valence-electron chi connectivity index (χ1n) is 7.36. The molecule has 1 atom stereocenters. The smallest absolute Gasteiger partial charge is 0.0195 e. The largest absolute Gasteiger partial charge is 0.312 e. The molecule has 2 saturated carbocycles. The Balaban J connectivity index is 1.37. The molecule has 0 bridgehead atoms. The van der Waals surface area contributed by atoms with Crippen molar-refractivity contribution < 1.29 is 0 Å². The summed E-state index contributed by atoms with van der Waals surface area (Å²) in [6.45, 7) is 5.37. The Hall–Kier alpha value is -0.0800. The summed E-state index contributed by atoms with van der Waals surface area (Å²) in [5.41, 5.74) is 0. The van der Waals surface area contributed by atoms with Crippen molar-refractivity contribution in [2.45, 2.75) is 51.0 Å². The van der Waals surface area contributed by atoms with Gasteiger partial charge in [-0.2, -0.15) is 0 Å². The van der Waals surface area contributed by atoms with Gasteiger partial charge in [0.2, 0.25) is 0 Å². The summed E-state index contributed by atoms with van der Waals surface area (Å²) in [5.74, 6) is 2.07. The van der Waals surface area contributed by atoms with E-state index in [1.807, 2.05) is 0 Å². The monoisotopic (exact) mass is 222 g/mol. The first-order chi connectivity index (χ1) is 7.90. The molecule has 0 amide bonds. The summed E-state index contributed by atoms with van der Waals surface area (Å²) >= 11 is 0. The fourth-order valence-electron chi connectivity index (χ4n) is 3.08. The van der Waals surface area contributed by atoms with Crippen molar-refractivity contribution in [1.82, 2.24) is 10.2 Å². The SMILES string of the molecule is C1CC(CN2CCCC(NCC3CC3)C2)C1. The topological polar surface area (TPSA) is 15.3 Å². The van der Waals surface area contributed by atoms with E-state index in [0.29, 0.717) is 0 Å². The van der Waals surface area contributed by atoms with Crippen LogP contribution in [0.25, 0.3) is 0 Å². The van der Waals surface area contributed by atoms with Gasteiger partial charge >= 0.3 is 0 Å². The summed E-state index contributed by atoms with van der Waals surface area (Å²) in [4.78, 5) is 2.72. The molecule has 92 valence electrons. The molecule has 3 rings (SSSR count). The Kier molecular flexibility index (Phi) is 3.49. The zero-order valence-electron chi connectivity index (χ0n) is 10.5. The fourth-order valence-corrected chi connectivity index (χ4v) is 3.08. The van der Waals surface area contributed by atoms with Gasteiger partial charge in [0.25, 0.3) is 0 Å². The third-order valence-electron chi connectivity index (χ3n) is 4.64. The quantitative estimate of drug-likeness (QED) is 0.767. The van der Waals surface area contributed by atoms with Crippen molar-refractivity contribution in [3.63, 3.8) is 0 Å². The number of piperidine rings is 1. The van der Waals surface area contributed by atoms with Crippen LogP contribution in [-0.4, -0.2) is 37.1 Å². The van der Waals surface area contributed by atoms with Crippen LogP contribution in [-0.2, 0) is 0 Å². The highest BCUT2D eigenvalue weighted by molar-refractivity contribution is 4.84. The van der Waals surface area contributed by atoms with E-state index >= 15 is 0 Å². The van der Waals surface area contributed by atoms with E-state index < -0.39 is 0 Å². The Morgan fingerprint density at radius 1 is 0.938 bits per heavy atom. The molecular formula is C14H26N2. The Bertz CT molecular complexity index is 221. The molecule has 1 unspecified atom stereocenters. The summed E-state index contributed by atoms with van der Waals surface area (Å²) in [5, 5.41) is 3.78. The van der Waals surface area contributed by atoms with Gasteiger partial charge in [0, 0.05) is 19.1 Å². The number of likely N-dealkylation sites (tertiary alicyclic amines) is 1. The van der Waals surface area contributed by atoms with Gasteiger partial charge in [-0.1, -0.05) is 6.42 Å². The van der Waals surface area contributed by atoms with Crippen LogP contribution in [0.15, 0.2) is 0 Å². The molecule has 0 aromatic rings.